The minimum atomic E-state index is -0.791. The van der Waals surface area contributed by atoms with Crippen LogP contribution in [0.2, 0.25) is 0 Å². The van der Waals surface area contributed by atoms with Gasteiger partial charge >= 0.3 is 11.8 Å². The van der Waals surface area contributed by atoms with E-state index in [9.17, 15) is 9.59 Å². The molecule has 70 valence electrons. The molecule has 0 aliphatic carbocycles. The molecular formula is C10H8N2O2. The van der Waals surface area contributed by atoms with Crippen LogP contribution >= 0.6 is 0 Å². The maximum absolute atomic E-state index is 10.9. The molecule has 1 aromatic carbocycles. The van der Waals surface area contributed by atoms with E-state index >= 15 is 0 Å². The van der Waals surface area contributed by atoms with E-state index in [4.69, 9.17) is 0 Å². The number of fused-ring (bicyclic) bond motifs is 1. The van der Waals surface area contributed by atoms with Crippen molar-refractivity contribution >= 4 is 11.8 Å². The highest BCUT2D eigenvalue weighted by Gasteiger charge is 2.15. The van der Waals surface area contributed by atoms with Crippen molar-refractivity contribution in [2.75, 3.05) is 0 Å². The van der Waals surface area contributed by atoms with Crippen LogP contribution in [0.15, 0.2) is 22.1 Å². The second-order valence-corrected chi connectivity index (χ2v) is 3.26. The van der Waals surface area contributed by atoms with Gasteiger partial charge in [-0.05, 0) is 37.1 Å². The molecule has 0 unspecified atom stereocenters. The second-order valence-electron chi connectivity index (χ2n) is 3.26. The molecule has 2 rings (SSSR count). The molecule has 4 nitrogen and oxygen atoms in total. The predicted molar refractivity (Wildman–Crippen MR) is 48.2 cm³/mol. The Bertz CT molecular complexity index is 507. The molecule has 4 heteroatoms. The van der Waals surface area contributed by atoms with Crippen LogP contribution in [0, 0.1) is 13.8 Å². The van der Waals surface area contributed by atoms with Gasteiger partial charge in [0.15, 0.2) is 0 Å². The molecule has 1 aliphatic rings. The minimum Gasteiger partial charge on any atom is -0.261 e. The van der Waals surface area contributed by atoms with E-state index in [1.807, 2.05) is 13.8 Å². The van der Waals surface area contributed by atoms with Crippen molar-refractivity contribution in [1.29, 1.82) is 0 Å². The highest BCUT2D eigenvalue weighted by molar-refractivity contribution is 6.36. The monoisotopic (exact) mass is 188 g/mol. The summed E-state index contributed by atoms with van der Waals surface area (Å²) >= 11 is 0. The first-order valence-electron chi connectivity index (χ1n) is 4.21. The van der Waals surface area contributed by atoms with Gasteiger partial charge in [0.1, 0.15) is 0 Å². The molecule has 0 saturated carbocycles. The van der Waals surface area contributed by atoms with Gasteiger partial charge in [0.05, 0.1) is 10.7 Å². The fourth-order valence-electron chi connectivity index (χ4n) is 1.28. The molecule has 0 radical (unpaired) electrons. The van der Waals surface area contributed by atoms with E-state index in [1.165, 1.54) is 0 Å². The van der Waals surface area contributed by atoms with Crippen LogP contribution in [0.5, 0.6) is 0 Å². The van der Waals surface area contributed by atoms with Crippen LogP contribution in [0.4, 0.5) is 0 Å². The first kappa shape index (κ1) is 8.74. The lowest BCUT2D eigenvalue weighted by Gasteiger charge is -2.01. The Hall–Kier alpha value is -1.84. The largest absolute Gasteiger partial charge is 0.338 e. The number of nitrogens with zero attached hydrogens (tertiary/aromatic N) is 2. The number of hydrogen-bond donors (Lipinski definition) is 0. The van der Waals surface area contributed by atoms with Crippen molar-refractivity contribution in [3.05, 3.63) is 34.0 Å². The summed E-state index contributed by atoms with van der Waals surface area (Å²) in [6.45, 7) is 3.85. The molecule has 0 bridgehead atoms. The van der Waals surface area contributed by atoms with Gasteiger partial charge in [-0.3, -0.25) is 9.59 Å². The average molecular weight is 188 g/mol. The fourth-order valence-corrected chi connectivity index (χ4v) is 1.28. The van der Waals surface area contributed by atoms with Crippen molar-refractivity contribution in [2.45, 2.75) is 13.8 Å². The van der Waals surface area contributed by atoms with E-state index in [2.05, 4.69) is 9.98 Å². The topological polar surface area (TPSA) is 58.9 Å². The molecule has 1 heterocycles. The summed E-state index contributed by atoms with van der Waals surface area (Å²) in [7, 11) is 0. The van der Waals surface area contributed by atoms with Gasteiger partial charge in [0, 0.05) is 0 Å². The van der Waals surface area contributed by atoms with E-state index < -0.39 is 11.8 Å². The summed E-state index contributed by atoms with van der Waals surface area (Å²) in [5.41, 5.74) is 2.06. The Kier molecular flexibility index (Phi) is 1.77. The molecular weight excluding hydrogens is 180 g/mol. The zero-order chi connectivity index (χ0) is 10.3. The van der Waals surface area contributed by atoms with Crippen LogP contribution in [-0.2, 0) is 9.59 Å². The van der Waals surface area contributed by atoms with Gasteiger partial charge in [-0.1, -0.05) is 0 Å². The molecule has 14 heavy (non-hydrogen) atoms. The summed E-state index contributed by atoms with van der Waals surface area (Å²) in [5, 5.41) is 0.968. The number of benzene rings is 1. The Labute approximate surface area is 80.0 Å². The van der Waals surface area contributed by atoms with Crippen LogP contribution in [0.25, 0.3) is 0 Å². The summed E-state index contributed by atoms with van der Waals surface area (Å²) < 4.78 is 0. The maximum Gasteiger partial charge on any atom is 0.338 e. The van der Waals surface area contributed by atoms with Crippen LogP contribution < -0.4 is 10.7 Å². The Morgan fingerprint density at radius 1 is 0.857 bits per heavy atom. The van der Waals surface area contributed by atoms with Crippen LogP contribution in [-0.4, -0.2) is 11.8 Å². The van der Waals surface area contributed by atoms with E-state index in [-0.39, 0.29) is 0 Å². The van der Waals surface area contributed by atoms with Gasteiger partial charge in [-0.25, -0.2) is 9.98 Å². The van der Waals surface area contributed by atoms with Crippen molar-refractivity contribution in [3.63, 3.8) is 0 Å². The molecule has 0 atom stereocenters. The molecule has 0 N–H and O–H groups in total. The number of amides is 2. The van der Waals surface area contributed by atoms with E-state index in [1.54, 1.807) is 12.1 Å². The molecule has 0 fully saturated rings. The van der Waals surface area contributed by atoms with Crippen LogP contribution in [0.1, 0.15) is 11.1 Å². The summed E-state index contributed by atoms with van der Waals surface area (Å²) in [6.07, 6.45) is 0. The standard InChI is InChI=1S/C10H8N2O2/c1-5-3-7-8(4-6(5)2)12-10(14)9(13)11-7/h3-4H,1-2H3. The molecule has 0 aromatic heterocycles. The predicted octanol–water partition coefficient (Wildman–Crippen LogP) is -0.391. The summed E-state index contributed by atoms with van der Waals surface area (Å²) in [5.74, 6) is -1.58. The number of aryl methyl sites for hydroxylation is 2. The van der Waals surface area contributed by atoms with E-state index in [0.717, 1.165) is 11.1 Å². The van der Waals surface area contributed by atoms with Crippen molar-refractivity contribution < 1.29 is 9.59 Å². The zero-order valence-electron chi connectivity index (χ0n) is 7.87. The Morgan fingerprint density at radius 2 is 1.21 bits per heavy atom. The molecule has 1 aliphatic heterocycles. The highest BCUT2D eigenvalue weighted by atomic mass is 16.2. The molecule has 0 spiro atoms. The first-order valence-corrected chi connectivity index (χ1v) is 4.21. The molecule has 2 amide bonds. The fraction of sp³-hybridized carbons (Fsp3) is 0.200. The van der Waals surface area contributed by atoms with Crippen molar-refractivity contribution in [2.24, 2.45) is 9.98 Å². The number of carbonyl (C=O) groups excluding carboxylic acids is 2. The lowest BCUT2D eigenvalue weighted by molar-refractivity contribution is -0.135. The smallest absolute Gasteiger partial charge is 0.261 e. The van der Waals surface area contributed by atoms with Crippen LogP contribution in [0.3, 0.4) is 0 Å². The maximum atomic E-state index is 10.9. The number of rotatable bonds is 0. The summed E-state index contributed by atoms with van der Waals surface area (Å²) in [6, 6.07) is 3.52. The third kappa shape index (κ3) is 1.25. The zero-order valence-corrected chi connectivity index (χ0v) is 7.87. The van der Waals surface area contributed by atoms with Gasteiger partial charge in [-0.2, -0.15) is 0 Å². The Morgan fingerprint density at radius 3 is 1.57 bits per heavy atom. The first-order chi connectivity index (χ1) is 6.58. The number of carbonyl (C=O) groups is 2. The number of hydrogen-bond acceptors (Lipinski definition) is 2. The quantitative estimate of drug-likeness (QED) is 0.520. The van der Waals surface area contributed by atoms with Gasteiger partial charge in [-0.15, -0.1) is 0 Å². The van der Waals surface area contributed by atoms with Crippen molar-refractivity contribution in [1.82, 2.24) is 0 Å². The molecule has 1 aromatic rings. The Balaban J connectivity index is 2.87. The SMILES string of the molecule is Cc1cc2c(cc1C)=NC(=O)C(=O)N=2. The summed E-state index contributed by atoms with van der Waals surface area (Å²) in [4.78, 5) is 29.2. The highest BCUT2D eigenvalue weighted by Crippen LogP contribution is 1.99. The van der Waals surface area contributed by atoms with Gasteiger partial charge in [0.25, 0.3) is 0 Å². The third-order valence-corrected chi connectivity index (χ3v) is 2.22. The van der Waals surface area contributed by atoms with Gasteiger partial charge in [0.2, 0.25) is 0 Å². The minimum absolute atomic E-state index is 0.484. The average Bonchev–Trinajstić information content (AvgIpc) is 2.11. The third-order valence-electron chi connectivity index (χ3n) is 2.22. The lowest BCUT2D eigenvalue weighted by atomic mass is 10.1. The van der Waals surface area contributed by atoms with Crippen molar-refractivity contribution in [3.8, 4) is 0 Å². The van der Waals surface area contributed by atoms with Gasteiger partial charge < -0.3 is 0 Å². The lowest BCUT2D eigenvalue weighted by Crippen LogP contribution is -2.34. The molecule has 0 saturated heterocycles. The van der Waals surface area contributed by atoms with E-state index in [0.29, 0.717) is 10.7 Å². The normalized spacial score (nSPS) is 14.4. The second kappa shape index (κ2) is 2.83.